The minimum absolute atomic E-state index is 0.164. The normalized spacial score (nSPS) is 10.8. The molecule has 104 valence electrons. The molecule has 0 aromatic carbocycles. The van der Waals surface area contributed by atoms with E-state index in [1.54, 1.807) is 19.1 Å². The molecule has 0 radical (unpaired) electrons. The number of hydrogen-bond acceptors (Lipinski definition) is 6. The van der Waals surface area contributed by atoms with E-state index in [4.69, 9.17) is 4.42 Å². The Balaban J connectivity index is 1.85. The van der Waals surface area contributed by atoms with Gasteiger partial charge in [-0.15, -0.1) is 0 Å². The van der Waals surface area contributed by atoms with Crippen LogP contribution in [0.1, 0.15) is 11.5 Å². The maximum Gasteiger partial charge on any atom is 0.307 e. The Kier molecular flexibility index (Phi) is 3.89. The first-order valence-corrected chi connectivity index (χ1v) is 5.60. The zero-order valence-electron chi connectivity index (χ0n) is 10.5. The number of nitrogens with zero attached hydrogens (tertiary/aromatic N) is 4. The van der Waals surface area contributed by atoms with E-state index in [0.29, 0.717) is 5.76 Å². The van der Waals surface area contributed by atoms with Crippen molar-refractivity contribution in [2.45, 2.75) is 13.5 Å². The first kappa shape index (κ1) is 13.5. The highest BCUT2D eigenvalue weighted by atomic mass is 16.6. The zero-order valence-corrected chi connectivity index (χ0v) is 10.5. The van der Waals surface area contributed by atoms with Gasteiger partial charge in [0.25, 0.3) is 5.91 Å². The van der Waals surface area contributed by atoms with Crippen LogP contribution in [-0.4, -0.2) is 26.8 Å². The number of aryl methyl sites for hydroxylation is 1. The Morgan fingerprint density at radius 2 is 2.45 bits per heavy atom. The van der Waals surface area contributed by atoms with E-state index >= 15 is 0 Å². The SMILES string of the molecule is Cc1ccc(/C=N/NC(=O)Cn2cc([N+](=O)[O-])cn2)o1. The maximum atomic E-state index is 11.5. The predicted molar refractivity (Wildman–Crippen MR) is 68.1 cm³/mol. The van der Waals surface area contributed by atoms with Crippen molar-refractivity contribution in [2.24, 2.45) is 5.10 Å². The molecule has 0 unspecified atom stereocenters. The van der Waals surface area contributed by atoms with Gasteiger partial charge in [0.05, 0.1) is 11.1 Å². The summed E-state index contributed by atoms with van der Waals surface area (Å²) in [7, 11) is 0. The van der Waals surface area contributed by atoms with Gasteiger partial charge in [-0.05, 0) is 19.1 Å². The van der Waals surface area contributed by atoms with Crippen molar-refractivity contribution < 1.29 is 14.1 Å². The fraction of sp³-hybridized carbons (Fsp3) is 0.182. The van der Waals surface area contributed by atoms with E-state index in [9.17, 15) is 14.9 Å². The monoisotopic (exact) mass is 277 g/mol. The maximum absolute atomic E-state index is 11.5. The molecule has 0 fully saturated rings. The number of hydrazone groups is 1. The summed E-state index contributed by atoms with van der Waals surface area (Å²) in [5.74, 6) is 0.793. The molecule has 2 heterocycles. The second-order valence-electron chi connectivity index (χ2n) is 3.89. The molecule has 1 amide bonds. The quantitative estimate of drug-likeness (QED) is 0.494. The molecule has 0 saturated heterocycles. The molecular formula is C11H11N5O4. The zero-order chi connectivity index (χ0) is 14.5. The largest absolute Gasteiger partial charge is 0.460 e. The van der Waals surface area contributed by atoms with Gasteiger partial charge in [0, 0.05) is 0 Å². The van der Waals surface area contributed by atoms with Crippen molar-refractivity contribution in [1.29, 1.82) is 0 Å². The van der Waals surface area contributed by atoms with E-state index in [-0.39, 0.29) is 12.2 Å². The smallest absolute Gasteiger partial charge is 0.307 e. The van der Waals surface area contributed by atoms with Gasteiger partial charge in [-0.3, -0.25) is 19.6 Å². The lowest BCUT2D eigenvalue weighted by Gasteiger charge is -1.98. The third kappa shape index (κ3) is 3.51. The summed E-state index contributed by atoms with van der Waals surface area (Å²) in [5, 5.41) is 17.8. The molecule has 9 nitrogen and oxygen atoms in total. The molecule has 0 aliphatic heterocycles. The molecule has 2 rings (SSSR count). The number of carbonyl (C=O) groups is 1. The van der Waals surface area contributed by atoms with Gasteiger partial charge in [0.15, 0.2) is 0 Å². The molecule has 0 aliphatic carbocycles. The summed E-state index contributed by atoms with van der Waals surface area (Å²) in [6.45, 7) is 1.63. The molecule has 0 bridgehead atoms. The Morgan fingerprint density at radius 3 is 3.05 bits per heavy atom. The van der Waals surface area contributed by atoms with E-state index < -0.39 is 10.8 Å². The van der Waals surface area contributed by atoms with E-state index in [2.05, 4.69) is 15.6 Å². The molecular weight excluding hydrogens is 266 g/mol. The van der Waals surface area contributed by atoms with Crippen LogP contribution in [0.25, 0.3) is 0 Å². The fourth-order valence-electron chi connectivity index (χ4n) is 1.41. The summed E-state index contributed by atoms with van der Waals surface area (Å²) in [6, 6.07) is 3.48. The Labute approximate surface area is 113 Å². The summed E-state index contributed by atoms with van der Waals surface area (Å²) in [5.41, 5.74) is 2.09. The van der Waals surface area contributed by atoms with Crippen molar-refractivity contribution in [2.75, 3.05) is 0 Å². The molecule has 2 aromatic heterocycles. The third-order valence-corrected chi connectivity index (χ3v) is 2.28. The van der Waals surface area contributed by atoms with Crippen LogP contribution >= 0.6 is 0 Å². The number of hydrogen-bond donors (Lipinski definition) is 1. The van der Waals surface area contributed by atoms with Crippen LogP contribution in [0, 0.1) is 17.0 Å². The van der Waals surface area contributed by atoms with Gasteiger partial charge in [-0.1, -0.05) is 0 Å². The van der Waals surface area contributed by atoms with Gasteiger partial charge in [-0.2, -0.15) is 10.2 Å². The molecule has 0 aliphatic rings. The number of carbonyl (C=O) groups excluding carboxylic acids is 1. The van der Waals surface area contributed by atoms with Crippen LogP contribution < -0.4 is 5.43 Å². The highest BCUT2D eigenvalue weighted by Crippen LogP contribution is 2.07. The topological polar surface area (TPSA) is 116 Å². The van der Waals surface area contributed by atoms with Crippen LogP contribution in [0.3, 0.4) is 0 Å². The molecule has 0 spiro atoms. The van der Waals surface area contributed by atoms with Crippen molar-refractivity contribution in [3.63, 3.8) is 0 Å². The van der Waals surface area contributed by atoms with Crippen LogP contribution in [0.4, 0.5) is 5.69 Å². The molecule has 20 heavy (non-hydrogen) atoms. The number of amides is 1. The number of furan rings is 1. The average molecular weight is 277 g/mol. The highest BCUT2D eigenvalue weighted by molar-refractivity contribution is 5.80. The first-order chi connectivity index (χ1) is 9.54. The van der Waals surface area contributed by atoms with Crippen molar-refractivity contribution >= 4 is 17.8 Å². The lowest BCUT2D eigenvalue weighted by molar-refractivity contribution is -0.385. The van der Waals surface area contributed by atoms with Gasteiger partial charge < -0.3 is 4.42 Å². The molecule has 0 atom stereocenters. The third-order valence-electron chi connectivity index (χ3n) is 2.28. The van der Waals surface area contributed by atoms with Crippen molar-refractivity contribution in [3.05, 3.63) is 46.2 Å². The summed E-state index contributed by atoms with van der Waals surface area (Å²) in [4.78, 5) is 21.4. The van der Waals surface area contributed by atoms with Crippen molar-refractivity contribution in [3.8, 4) is 0 Å². The van der Waals surface area contributed by atoms with Crippen molar-refractivity contribution in [1.82, 2.24) is 15.2 Å². The number of nitrogens with one attached hydrogen (secondary N) is 1. The van der Waals surface area contributed by atoms with Crippen LogP contribution in [0.5, 0.6) is 0 Å². The van der Waals surface area contributed by atoms with E-state index in [1.807, 2.05) is 0 Å². The van der Waals surface area contributed by atoms with Gasteiger partial charge in [-0.25, -0.2) is 5.43 Å². The fourth-order valence-corrected chi connectivity index (χ4v) is 1.41. The molecule has 0 saturated carbocycles. The molecule has 9 heteroatoms. The van der Waals surface area contributed by atoms with Crippen LogP contribution in [0.15, 0.2) is 34.0 Å². The Bertz CT molecular complexity index is 657. The average Bonchev–Trinajstić information content (AvgIpc) is 2.99. The summed E-state index contributed by atoms with van der Waals surface area (Å²) in [6.07, 6.45) is 3.60. The van der Waals surface area contributed by atoms with E-state index in [0.717, 1.165) is 16.6 Å². The van der Waals surface area contributed by atoms with Crippen LogP contribution in [0.2, 0.25) is 0 Å². The van der Waals surface area contributed by atoms with E-state index in [1.165, 1.54) is 12.4 Å². The number of rotatable bonds is 5. The first-order valence-electron chi connectivity index (χ1n) is 5.60. The van der Waals surface area contributed by atoms with Gasteiger partial charge in [0.2, 0.25) is 0 Å². The second-order valence-corrected chi connectivity index (χ2v) is 3.89. The second kappa shape index (κ2) is 5.78. The van der Waals surface area contributed by atoms with Gasteiger partial charge in [0.1, 0.15) is 30.5 Å². The van der Waals surface area contributed by atoms with Gasteiger partial charge >= 0.3 is 5.69 Å². The molecule has 1 N–H and O–H groups in total. The lowest BCUT2D eigenvalue weighted by Crippen LogP contribution is -2.23. The highest BCUT2D eigenvalue weighted by Gasteiger charge is 2.10. The standard InChI is InChI=1S/C11H11N5O4/c1-8-2-3-10(20-8)5-12-14-11(17)7-15-6-9(4-13-15)16(18)19/h2-6H,7H2,1H3,(H,14,17)/b12-5+. The van der Waals surface area contributed by atoms with Crippen LogP contribution in [-0.2, 0) is 11.3 Å². The minimum Gasteiger partial charge on any atom is -0.460 e. The number of nitro groups is 1. The minimum atomic E-state index is -0.585. The Morgan fingerprint density at radius 1 is 1.65 bits per heavy atom. The molecule has 2 aromatic rings. The summed E-state index contributed by atoms with van der Waals surface area (Å²) >= 11 is 0. The number of aromatic nitrogens is 2. The lowest BCUT2D eigenvalue weighted by atomic mass is 10.4. The predicted octanol–water partition coefficient (Wildman–Crippen LogP) is 0.843. The summed E-state index contributed by atoms with van der Waals surface area (Å²) < 4.78 is 6.37. The Hall–Kier alpha value is -2.97.